The Morgan fingerprint density at radius 2 is 1.80 bits per heavy atom. The van der Waals surface area contributed by atoms with E-state index < -0.39 is 58.0 Å². The summed E-state index contributed by atoms with van der Waals surface area (Å²) in [5.74, 6) is -4.17. The molecule has 1 saturated heterocycles. The van der Waals surface area contributed by atoms with Crippen molar-refractivity contribution in [1.82, 2.24) is 4.98 Å². The van der Waals surface area contributed by atoms with Crippen molar-refractivity contribution in [2.75, 3.05) is 29.6 Å². The van der Waals surface area contributed by atoms with Crippen LogP contribution >= 0.6 is 0 Å². The molecule has 40 heavy (non-hydrogen) atoms. The molecular weight excluding hydrogens is 559 g/mol. The maximum Gasteiger partial charge on any atom is 0.442 e. The first-order valence-corrected chi connectivity index (χ1v) is 14.3. The zero-order valence-corrected chi connectivity index (χ0v) is 23.5. The molecule has 0 spiro atoms. The van der Waals surface area contributed by atoms with E-state index in [2.05, 4.69) is 14.7 Å². The Morgan fingerprint density at radius 1 is 1.12 bits per heavy atom. The molecule has 1 aromatic heterocycles. The summed E-state index contributed by atoms with van der Waals surface area (Å²) in [6.07, 6.45) is -5.67. The average molecular weight is 591 g/mol. The lowest BCUT2D eigenvalue weighted by atomic mass is 10.1. The number of benzene rings is 1. The Bertz CT molecular complexity index is 1410. The van der Waals surface area contributed by atoms with Gasteiger partial charge >= 0.3 is 12.3 Å². The summed E-state index contributed by atoms with van der Waals surface area (Å²) in [5.41, 5.74) is -2.26. The highest BCUT2D eigenvalue weighted by molar-refractivity contribution is 7.93. The van der Waals surface area contributed by atoms with Gasteiger partial charge in [-0.25, -0.2) is 22.8 Å². The molecule has 1 aliphatic rings. The van der Waals surface area contributed by atoms with Crippen molar-refractivity contribution in [3.8, 4) is 0 Å². The van der Waals surface area contributed by atoms with Crippen LogP contribution < -0.4 is 10.2 Å². The Hall–Kier alpha value is -3.29. The van der Waals surface area contributed by atoms with Crippen molar-refractivity contribution >= 4 is 33.2 Å². The normalized spacial score (nSPS) is 17.4. The Labute approximate surface area is 229 Å². The maximum atomic E-state index is 14.0. The minimum atomic E-state index is -4.82. The Kier molecular flexibility index (Phi) is 8.82. The number of hydrogen-bond acceptors (Lipinski definition) is 6. The van der Waals surface area contributed by atoms with Crippen molar-refractivity contribution in [2.24, 2.45) is 4.36 Å². The number of aryl methyl sites for hydroxylation is 1. The molecular formula is C26H31F5N4O4S. The van der Waals surface area contributed by atoms with Crippen LogP contribution in [-0.2, 0) is 20.6 Å². The third-order valence-electron chi connectivity index (χ3n) is 5.90. The molecule has 1 atom stereocenters. The number of rotatable bonds is 4. The monoisotopic (exact) mass is 590 g/mol. The number of carbonyl (C=O) groups excluding carboxylic acids is 2. The number of amides is 2. The van der Waals surface area contributed by atoms with Gasteiger partial charge in [0.2, 0.25) is 5.92 Å². The minimum absolute atomic E-state index is 0.000908. The Morgan fingerprint density at radius 3 is 2.42 bits per heavy atom. The highest BCUT2D eigenvalue weighted by Gasteiger charge is 2.37. The summed E-state index contributed by atoms with van der Waals surface area (Å²) in [5, 5.41) is 2.55. The van der Waals surface area contributed by atoms with E-state index in [0.29, 0.717) is 0 Å². The second-order valence-corrected chi connectivity index (χ2v) is 12.8. The van der Waals surface area contributed by atoms with Gasteiger partial charge in [-0.3, -0.25) is 4.79 Å². The van der Waals surface area contributed by atoms with Crippen molar-refractivity contribution in [3.63, 3.8) is 0 Å². The van der Waals surface area contributed by atoms with Gasteiger partial charge < -0.3 is 15.0 Å². The van der Waals surface area contributed by atoms with Crippen molar-refractivity contribution < 1.29 is 40.5 Å². The number of halogens is 5. The maximum absolute atomic E-state index is 14.0. The van der Waals surface area contributed by atoms with Gasteiger partial charge in [-0.2, -0.15) is 13.2 Å². The molecule has 1 aromatic carbocycles. The number of ether oxygens (including phenoxy) is 1. The molecule has 0 bridgehead atoms. The third kappa shape index (κ3) is 8.12. The van der Waals surface area contributed by atoms with Crippen LogP contribution in [0.1, 0.15) is 61.6 Å². The summed E-state index contributed by atoms with van der Waals surface area (Å²) in [6, 6.07) is 6.37. The van der Waals surface area contributed by atoms with Crippen molar-refractivity contribution in [1.29, 1.82) is 0 Å². The van der Waals surface area contributed by atoms with Gasteiger partial charge in [-0.1, -0.05) is 6.07 Å². The summed E-state index contributed by atoms with van der Waals surface area (Å²) in [6.45, 7) is 5.87. The molecule has 220 valence electrons. The van der Waals surface area contributed by atoms with Crippen LogP contribution in [0.3, 0.4) is 0 Å². The molecule has 2 heterocycles. The third-order valence-corrected chi connectivity index (χ3v) is 7.53. The van der Waals surface area contributed by atoms with Crippen LogP contribution in [0.4, 0.5) is 38.3 Å². The number of anilines is 2. The van der Waals surface area contributed by atoms with Crippen LogP contribution in [-0.4, -0.2) is 52.1 Å². The molecule has 0 radical (unpaired) electrons. The van der Waals surface area contributed by atoms with E-state index in [1.165, 1.54) is 42.3 Å². The molecule has 2 aromatic rings. The Balaban J connectivity index is 1.98. The molecule has 0 unspecified atom stereocenters. The first-order valence-electron chi connectivity index (χ1n) is 12.4. The lowest BCUT2D eigenvalue weighted by Gasteiger charge is -2.26. The molecule has 14 heteroatoms. The number of hydrogen-bond donors (Lipinski definition) is 1. The first-order chi connectivity index (χ1) is 18.3. The van der Waals surface area contributed by atoms with E-state index in [1.807, 2.05) is 0 Å². The van der Waals surface area contributed by atoms with E-state index in [1.54, 1.807) is 20.8 Å². The van der Waals surface area contributed by atoms with E-state index in [0.717, 1.165) is 6.07 Å². The minimum Gasteiger partial charge on any atom is -0.442 e. The van der Waals surface area contributed by atoms with Crippen LogP contribution in [0.2, 0.25) is 0 Å². The second kappa shape index (κ2) is 11.3. The summed E-state index contributed by atoms with van der Waals surface area (Å²) in [7, 11) is -3.29. The average Bonchev–Trinajstić information content (AvgIpc) is 2.96. The first kappa shape index (κ1) is 31.2. The largest absolute Gasteiger partial charge is 0.442 e. The predicted molar refractivity (Wildman–Crippen MR) is 140 cm³/mol. The van der Waals surface area contributed by atoms with E-state index in [9.17, 15) is 35.8 Å². The zero-order valence-electron chi connectivity index (χ0n) is 22.7. The van der Waals surface area contributed by atoms with Gasteiger partial charge in [0.25, 0.3) is 5.91 Å². The topological polar surface area (TPSA) is 101 Å². The predicted octanol–water partition coefficient (Wildman–Crippen LogP) is 6.68. The van der Waals surface area contributed by atoms with Crippen LogP contribution in [0, 0.1) is 6.92 Å². The van der Waals surface area contributed by atoms with Crippen molar-refractivity contribution in [3.05, 3.63) is 47.2 Å². The fraction of sp³-hybridized carbons (Fsp3) is 0.500. The molecule has 2 amide bonds. The number of carbonyl (C=O) groups is 2. The van der Waals surface area contributed by atoms with E-state index in [4.69, 9.17) is 4.74 Å². The lowest BCUT2D eigenvalue weighted by molar-refractivity contribution is -0.141. The van der Waals surface area contributed by atoms with Gasteiger partial charge in [0.1, 0.15) is 17.1 Å². The SMILES string of the molecule is Cc1cc(C(F)(F)F)nc(N2CCCC(F)(F)CC2)c1C(=O)Nc1cccc([S@](C)(=O)=NC(=O)OC(C)(C)C)c1. The van der Waals surface area contributed by atoms with Gasteiger partial charge in [0, 0.05) is 42.8 Å². The lowest BCUT2D eigenvalue weighted by Crippen LogP contribution is -2.31. The standard InChI is InChI=1S/C26H31F5N4O4S/c1-16-14-19(26(29,30)31)33-21(35-12-7-10-25(27,28)11-13-35)20(16)22(36)32-17-8-6-9-18(15-17)40(5,38)34-23(37)39-24(2,3)4/h6,8-9,14-15H,7,10-13H2,1-5H3,(H,32,36)/t40-/m0/s1. The number of aromatic nitrogens is 1. The zero-order chi connectivity index (χ0) is 30.1. The molecule has 0 aliphatic carbocycles. The fourth-order valence-electron chi connectivity index (χ4n) is 4.06. The van der Waals surface area contributed by atoms with Gasteiger partial charge in [0.15, 0.2) is 0 Å². The number of nitrogens with zero attached hydrogens (tertiary/aromatic N) is 3. The van der Waals surface area contributed by atoms with Crippen molar-refractivity contribution in [2.45, 2.75) is 69.6 Å². The molecule has 1 fully saturated rings. The van der Waals surface area contributed by atoms with Gasteiger partial charge in [0.05, 0.1) is 15.3 Å². The van der Waals surface area contributed by atoms with Crippen LogP contribution in [0.25, 0.3) is 0 Å². The van der Waals surface area contributed by atoms with Crippen LogP contribution in [0.15, 0.2) is 39.6 Å². The number of nitrogens with one attached hydrogen (secondary N) is 1. The fourth-order valence-corrected chi connectivity index (χ4v) is 5.17. The number of pyridine rings is 1. The number of alkyl halides is 5. The molecule has 1 N–H and O–H groups in total. The van der Waals surface area contributed by atoms with E-state index in [-0.39, 0.29) is 47.0 Å². The quantitative estimate of drug-likeness (QED) is 0.399. The smallest absolute Gasteiger partial charge is 0.442 e. The summed E-state index contributed by atoms with van der Waals surface area (Å²) < 4.78 is 90.6. The van der Waals surface area contributed by atoms with Crippen LogP contribution in [0.5, 0.6) is 0 Å². The highest BCUT2D eigenvalue weighted by Crippen LogP contribution is 2.35. The molecule has 0 saturated carbocycles. The molecule has 1 aliphatic heterocycles. The van der Waals surface area contributed by atoms with Gasteiger partial charge in [-0.05, 0) is 63.9 Å². The highest BCUT2D eigenvalue weighted by atomic mass is 32.2. The van der Waals surface area contributed by atoms with Gasteiger partial charge in [-0.15, -0.1) is 4.36 Å². The van der Waals surface area contributed by atoms with E-state index >= 15 is 0 Å². The molecule has 3 rings (SSSR count). The summed E-state index contributed by atoms with van der Waals surface area (Å²) in [4.78, 5) is 30.5. The molecule has 8 nitrogen and oxygen atoms in total. The summed E-state index contributed by atoms with van der Waals surface area (Å²) >= 11 is 0. The second-order valence-electron chi connectivity index (χ2n) is 10.6.